The van der Waals surface area contributed by atoms with E-state index in [0.29, 0.717) is 0 Å². The van der Waals surface area contributed by atoms with Crippen molar-refractivity contribution in [1.82, 2.24) is 0 Å². The standard InChI is InChI=1S/C18H16BO.Na/c20-19(16-10-4-1-5-11-16,17-12-6-2-7-13-17)18-14-8-3-9-15-18;/h1-15,20H;/q-1;+1. The number of benzene rings is 3. The van der Waals surface area contributed by atoms with Crippen molar-refractivity contribution in [3.05, 3.63) is 91.0 Å². The van der Waals surface area contributed by atoms with Gasteiger partial charge in [0.05, 0.1) is 0 Å². The van der Waals surface area contributed by atoms with E-state index in [1.807, 2.05) is 91.0 Å². The van der Waals surface area contributed by atoms with Crippen molar-refractivity contribution in [3.63, 3.8) is 0 Å². The molecule has 0 aromatic heterocycles. The van der Waals surface area contributed by atoms with E-state index in [1.165, 1.54) is 0 Å². The van der Waals surface area contributed by atoms with Crippen molar-refractivity contribution in [2.45, 2.75) is 0 Å². The van der Waals surface area contributed by atoms with Crippen LogP contribution in [0.1, 0.15) is 0 Å². The molecule has 0 aliphatic heterocycles. The van der Waals surface area contributed by atoms with Gasteiger partial charge in [-0.15, -0.1) is 0 Å². The van der Waals surface area contributed by atoms with Gasteiger partial charge < -0.3 is 5.02 Å². The van der Waals surface area contributed by atoms with Crippen molar-refractivity contribution >= 4 is 22.7 Å². The second-order valence-electron chi connectivity index (χ2n) is 5.05. The van der Waals surface area contributed by atoms with Crippen LogP contribution in [0.4, 0.5) is 0 Å². The molecular formula is C18H16BNaO. The van der Waals surface area contributed by atoms with Gasteiger partial charge in [-0.3, -0.25) is 0 Å². The molecule has 1 nitrogen and oxygen atoms in total. The van der Waals surface area contributed by atoms with Crippen LogP contribution in [0.3, 0.4) is 0 Å². The van der Waals surface area contributed by atoms with Crippen molar-refractivity contribution in [2.75, 3.05) is 0 Å². The second-order valence-corrected chi connectivity index (χ2v) is 5.05. The van der Waals surface area contributed by atoms with Crippen LogP contribution in [-0.4, -0.2) is 11.4 Å². The van der Waals surface area contributed by atoms with Crippen LogP contribution >= 0.6 is 0 Å². The Bertz CT molecular complexity index is 575. The Kier molecular flexibility index (Phi) is 5.43. The van der Waals surface area contributed by atoms with Crippen LogP contribution in [0.15, 0.2) is 91.0 Å². The first-order chi connectivity index (χ1) is 9.82. The molecule has 1 N–H and O–H groups in total. The third-order valence-corrected chi connectivity index (χ3v) is 3.85. The van der Waals surface area contributed by atoms with E-state index in [0.717, 1.165) is 16.4 Å². The minimum Gasteiger partial charge on any atom is -0.594 e. The first-order valence-electron chi connectivity index (χ1n) is 6.86. The zero-order chi connectivity index (χ0) is 13.8. The quantitative estimate of drug-likeness (QED) is 0.589. The summed E-state index contributed by atoms with van der Waals surface area (Å²) in [5, 5.41) is 11.5. The molecule has 3 rings (SSSR count). The Morgan fingerprint density at radius 3 is 0.952 bits per heavy atom. The van der Waals surface area contributed by atoms with Crippen LogP contribution < -0.4 is 45.9 Å². The number of hydrogen-bond donors (Lipinski definition) is 1. The van der Waals surface area contributed by atoms with Gasteiger partial charge in [0.15, 0.2) is 6.35 Å². The molecule has 0 aliphatic carbocycles. The third-order valence-electron chi connectivity index (χ3n) is 3.85. The SMILES string of the molecule is O[B-](c1ccccc1)(c1ccccc1)c1ccccc1.[Na+]. The van der Waals surface area contributed by atoms with Gasteiger partial charge in [-0.2, -0.15) is 16.4 Å². The Morgan fingerprint density at radius 2 is 0.714 bits per heavy atom. The van der Waals surface area contributed by atoms with Gasteiger partial charge in [0.1, 0.15) is 0 Å². The molecule has 3 aromatic rings. The van der Waals surface area contributed by atoms with Gasteiger partial charge in [-0.25, -0.2) is 0 Å². The molecule has 0 radical (unpaired) electrons. The van der Waals surface area contributed by atoms with Gasteiger partial charge in [0, 0.05) is 0 Å². The minimum absolute atomic E-state index is 0. The van der Waals surface area contributed by atoms with Crippen LogP contribution in [0, 0.1) is 0 Å². The van der Waals surface area contributed by atoms with E-state index in [1.54, 1.807) is 0 Å². The average Bonchev–Trinajstić information content (AvgIpc) is 2.56. The fourth-order valence-electron chi connectivity index (χ4n) is 2.77. The molecule has 0 saturated heterocycles. The fourth-order valence-corrected chi connectivity index (χ4v) is 2.77. The molecule has 0 spiro atoms. The Hall–Kier alpha value is -1.32. The summed E-state index contributed by atoms with van der Waals surface area (Å²) >= 11 is 0. The van der Waals surface area contributed by atoms with Crippen molar-refractivity contribution in [3.8, 4) is 0 Å². The molecule has 0 heterocycles. The topological polar surface area (TPSA) is 20.2 Å². The largest absolute Gasteiger partial charge is 1.00 e. The smallest absolute Gasteiger partial charge is 0.594 e. The van der Waals surface area contributed by atoms with Crippen LogP contribution in [0.5, 0.6) is 0 Å². The Labute approximate surface area is 147 Å². The van der Waals surface area contributed by atoms with Gasteiger partial charge in [0.2, 0.25) is 0 Å². The summed E-state index contributed by atoms with van der Waals surface area (Å²) in [5.74, 6) is 0. The fraction of sp³-hybridized carbons (Fsp3) is 0. The predicted molar refractivity (Wildman–Crippen MR) is 86.2 cm³/mol. The molecule has 0 saturated carbocycles. The van der Waals surface area contributed by atoms with E-state index in [4.69, 9.17) is 0 Å². The molecule has 0 aliphatic rings. The molecule has 0 fully saturated rings. The summed E-state index contributed by atoms with van der Waals surface area (Å²) in [5.41, 5.74) is 2.81. The first-order valence-corrected chi connectivity index (χ1v) is 6.86. The van der Waals surface area contributed by atoms with Crippen molar-refractivity contribution < 1.29 is 34.6 Å². The van der Waals surface area contributed by atoms with Gasteiger partial charge in [0.25, 0.3) is 0 Å². The van der Waals surface area contributed by atoms with E-state index < -0.39 is 6.35 Å². The zero-order valence-electron chi connectivity index (χ0n) is 12.2. The van der Waals surface area contributed by atoms with E-state index in [-0.39, 0.29) is 29.6 Å². The summed E-state index contributed by atoms with van der Waals surface area (Å²) in [6.45, 7) is 0. The summed E-state index contributed by atoms with van der Waals surface area (Å²) < 4.78 is 0. The van der Waals surface area contributed by atoms with Gasteiger partial charge in [-0.1, -0.05) is 91.0 Å². The third kappa shape index (κ3) is 3.14. The summed E-state index contributed by atoms with van der Waals surface area (Å²) in [6.07, 6.45) is -1.91. The van der Waals surface area contributed by atoms with Gasteiger partial charge >= 0.3 is 29.6 Å². The molecule has 0 bridgehead atoms. The monoisotopic (exact) mass is 282 g/mol. The Balaban J connectivity index is 0.00000161. The number of hydrogen-bond acceptors (Lipinski definition) is 1. The molecule has 3 heteroatoms. The molecule has 21 heavy (non-hydrogen) atoms. The molecule has 0 atom stereocenters. The summed E-state index contributed by atoms with van der Waals surface area (Å²) in [7, 11) is 0. The Morgan fingerprint density at radius 1 is 0.476 bits per heavy atom. The molecule has 0 amide bonds. The first kappa shape index (κ1) is 16.1. The maximum Gasteiger partial charge on any atom is 1.00 e. The molecular weight excluding hydrogens is 266 g/mol. The summed E-state index contributed by atoms with van der Waals surface area (Å²) in [6, 6.07) is 29.6. The van der Waals surface area contributed by atoms with Gasteiger partial charge in [-0.05, 0) is 0 Å². The predicted octanol–water partition coefficient (Wildman–Crippen LogP) is -1.35. The van der Waals surface area contributed by atoms with E-state index in [2.05, 4.69) is 0 Å². The van der Waals surface area contributed by atoms with Crippen LogP contribution in [0.2, 0.25) is 0 Å². The number of rotatable bonds is 3. The van der Waals surface area contributed by atoms with Crippen molar-refractivity contribution in [2.24, 2.45) is 0 Å². The van der Waals surface area contributed by atoms with E-state index >= 15 is 0 Å². The maximum atomic E-state index is 11.5. The minimum atomic E-state index is -1.91. The molecule has 0 unspecified atom stereocenters. The van der Waals surface area contributed by atoms with E-state index in [9.17, 15) is 5.02 Å². The molecule has 98 valence electrons. The van der Waals surface area contributed by atoms with Crippen LogP contribution in [-0.2, 0) is 0 Å². The molecule has 3 aromatic carbocycles. The second kappa shape index (κ2) is 7.10. The average molecular weight is 282 g/mol. The maximum absolute atomic E-state index is 11.5. The van der Waals surface area contributed by atoms with Crippen molar-refractivity contribution in [1.29, 1.82) is 0 Å². The normalized spacial score (nSPS) is 10.7. The summed E-state index contributed by atoms with van der Waals surface area (Å²) in [4.78, 5) is 0. The van der Waals surface area contributed by atoms with Crippen LogP contribution in [0.25, 0.3) is 0 Å². The zero-order valence-corrected chi connectivity index (χ0v) is 14.2.